The van der Waals surface area contributed by atoms with Gasteiger partial charge in [0.05, 0.1) is 4.90 Å². The van der Waals surface area contributed by atoms with Crippen molar-refractivity contribution < 1.29 is 13.2 Å². The number of carbonyl (C=O) groups excluding carboxylic acids is 1. The lowest BCUT2D eigenvalue weighted by molar-refractivity contribution is -0.118. The first kappa shape index (κ1) is 20.5. The van der Waals surface area contributed by atoms with Gasteiger partial charge >= 0.3 is 0 Å². The van der Waals surface area contributed by atoms with Crippen LogP contribution in [0.2, 0.25) is 5.02 Å². The van der Waals surface area contributed by atoms with Crippen LogP contribution in [0.1, 0.15) is 17.5 Å². The molecule has 0 spiro atoms. The van der Waals surface area contributed by atoms with Gasteiger partial charge in [-0.25, -0.2) is 8.42 Å². The van der Waals surface area contributed by atoms with Crippen LogP contribution in [-0.2, 0) is 27.8 Å². The van der Waals surface area contributed by atoms with Gasteiger partial charge in [0, 0.05) is 23.8 Å². The van der Waals surface area contributed by atoms with Gasteiger partial charge in [0.2, 0.25) is 15.9 Å². The molecule has 1 saturated heterocycles. The number of anilines is 1. The standard InChI is InChI=1S/C23H22ClN3O3S/c24-19-4-1-16-13-21(6-3-15(16)11-19)31(29,30)26-22-8-10-27(23(22)28)20-5-2-18-14-25-9-7-17(18)12-20/h1-6,11-13,22,25-26H,7-10,14H2. The lowest BCUT2D eigenvalue weighted by Gasteiger charge is -2.22. The number of benzene rings is 3. The Morgan fingerprint density at radius 2 is 1.81 bits per heavy atom. The van der Waals surface area contributed by atoms with Crippen molar-refractivity contribution in [3.05, 3.63) is 70.7 Å². The van der Waals surface area contributed by atoms with E-state index >= 15 is 0 Å². The number of rotatable bonds is 4. The molecule has 5 rings (SSSR count). The number of hydrogen-bond acceptors (Lipinski definition) is 4. The second kappa shape index (κ2) is 7.91. The van der Waals surface area contributed by atoms with E-state index in [1.165, 1.54) is 17.2 Å². The van der Waals surface area contributed by atoms with E-state index in [4.69, 9.17) is 11.6 Å². The third kappa shape index (κ3) is 3.94. The molecule has 160 valence electrons. The van der Waals surface area contributed by atoms with Crippen LogP contribution in [-0.4, -0.2) is 33.5 Å². The van der Waals surface area contributed by atoms with E-state index < -0.39 is 16.1 Å². The van der Waals surface area contributed by atoms with Gasteiger partial charge < -0.3 is 10.2 Å². The fourth-order valence-corrected chi connectivity index (χ4v) is 5.73. The molecule has 8 heteroatoms. The highest BCUT2D eigenvalue weighted by molar-refractivity contribution is 7.89. The molecule has 1 atom stereocenters. The number of sulfonamides is 1. The summed E-state index contributed by atoms with van der Waals surface area (Å²) in [6, 6.07) is 15.4. The Bertz CT molecular complexity index is 1290. The van der Waals surface area contributed by atoms with E-state index in [1.807, 2.05) is 12.1 Å². The summed E-state index contributed by atoms with van der Waals surface area (Å²) in [5.41, 5.74) is 3.32. The van der Waals surface area contributed by atoms with Crippen LogP contribution in [0.5, 0.6) is 0 Å². The minimum absolute atomic E-state index is 0.134. The molecule has 1 fully saturated rings. The van der Waals surface area contributed by atoms with Crippen molar-refractivity contribution >= 4 is 44.0 Å². The van der Waals surface area contributed by atoms with Crippen LogP contribution in [0.15, 0.2) is 59.5 Å². The van der Waals surface area contributed by atoms with E-state index in [0.29, 0.717) is 18.0 Å². The lowest BCUT2D eigenvalue weighted by Crippen LogP contribution is -2.41. The number of carbonyl (C=O) groups is 1. The van der Waals surface area contributed by atoms with Crippen LogP contribution in [0.3, 0.4) is 0 Å². The Kier molecular flexibility index (Phi) is 5.22. The number of nitrogens with zero attached hydrogens (tertiary/aromatic N) is 1. The summed E-state index contributed by atoms with van der Waals surface area (Å²) in [6.07, 6.45) is 1.36. The monoisotopic (exact) mass is 455 g/mol. The quantitative estimate of drug-likeness (QED) is 0.633. The Balaban J connectivity index is 1.35. The Morgan fingerprint density at radius 1 is 1.00 bits per heavy atom. The molecular weight excluding hydrogens is 434 g/mol. The van der Waals surface area contributed by atoms with Crippen molar-refractivity contribution in [1.29, 1.82) is 0 Å². The SMILES string of the molecule is O=C1C(NS(=O)(=O)c2ccc3cc(Cl)ccc3c2)CCN1c1ccc2c(c1)CCNC2. The lowest BCUT2D eigenvalue weighted by atomic mass is 10.0. The van der Waals surface area contributed by atoms with Gasteiger partial charge in [0.1, 0.15) is 6.04 Å². The van der Waals surface area contributed by atoms with E-state index in [9.17, 15) is 13.2 Å². The third-order valence-electron chi connectivity index (χ3n) is 5.98. The van der Waals surface area contributed by atoms with Crippen molar-refractivity contribution in [2.75, 3.05) is 18.0 Å². The van der Waals surface area contributed by atoms with E-state index in [1.54, 1.807) is 35.2 Å². The maximum absolute atomic E-state index is 13.0. The predicted octanol–water partition coefficient (Wildman–Crippen LogP) is 3.22. The predicted molar refractivity (Wildman–Crippen MR) is 122 cm³/mol. The summed E-state index contributed by atoms with van der Waals surface area (Å²) in [7, 11) is -3.84. The molecule has 3 aromatic carbocycles. The maximum Gasteiger partial charge on any atom is 0.245 e. The van der Waals surface area contributed by atoms with Crippen molar-refractivity contribution in [2.24, 2.45) is 0 Å². The van der Waals surface area contributed by atoms with Crippen LogP contribution in [0.25, 0.3) is 10.8 Å². The molecule has 2 aliphatic heterocycles. The van der Waals surface area contributed by atoms with E-state index in [0.717, 1.165) is 36.0 Å². The smallest absolute Gasteiger partial charge is 0.245 e. The normalized spacial score (nSPS) is 19.1. The molecule has 0 aliphatic carbocycles. The first-order valence-corrected chi connectivity index (χ1v) is 12.1. The molecule has 0 aromatic heterocycles. The molecule has 1 unspecified atom stereocenters. The summed E-state index contributed by atoms with van der Waals surface area (Å²) in [4.78, 5) is 14.8. The van der Waals surface area contributed by atoms with Gasteiger partial charge in [-0.1, -0.05) is 29.8 Å². The zero-order valence-corrected chi connectivity index (χ0v) is 18.3. The number of halogens is 1. The second-order valence-electron chi connectivity index (χ2n) is 7.99. The molecule has 6 nitrogen and oxygen atoms in total. The first-order chi connectivity index (χ1) is 14.9. The highest BCUT2D eigenvalue weighted by Gasteiger charge is 2.36. The summed E-state index contributed by atoms with van der Waals surface area (Å²) < 4.78 is 28.5. The van der Waals surface area contributed by atoms with Crippen molar-refractivity contribution in [1.82, 2.24) is 10.0 Å². The number of nitrogens with one attached hydrogen (secondary N) is 2. The Morgan fingerprint density at radius 3 is 2.68 bits per heavy atom. The van der Waals surface area contributed by atoms with Crippen LogP contribution in [0, 0.1) is 0 Å². The fraction of sp³-hybridized carbons (Fsp3) is 0.261. The topological polar surface area (TPSA) is 78.5 Å². The summed E-state index contributed by atoms with van der Waals surface area (Å²) in [5, 5.41) is 5.56. The van der Waals surface area contributed by atoms with Gasteiger partial charge in [-0.2, -0.15) is 4.72 Å². The molecule has 2 N–H and O–H groups in total. The van der Waals surface area contributed by atoms with Gasteiger partial charge in [-0.05, 0) is 77.7 Å². The molecule has 3 aromatic rings. The highest BCUT2D eigenvalue weighted by Crippen LogP contribution is 2.27. The molecule has 0 saturated carbocycles. The third-order valence-corrected chi connectivity index (χ3v) is 7.68. The summed E-state index contributed by atoms with van der Waals surface area (Å²) in [5.74, 6) is -0.218. The molecule has 2 heterocycles. The molecule has 31 heavy (non-hydrogen) atoms. The highest BCUT2D eigenvalue weighted by atomic mass is 35.5. The van der Waals surface area contributed by atoms with Gasteiger partial charge in [0.25, 0.3) is 0 Å². The van der Waals surface area contributed by atoms with Crippen LogP contribution >= 0.6 is 11.6 Å². The average Bonchev–Trinajstić information content (AvgIpc) is 3.12. The van der Waals surface area contributed by atoms with Crippen molar-refractivity contribution in [2.45, 2.75) is 30.3 Å². The molecule has 2 aliphatic rings. The van der Waals surface area contributed by atoms with Gasteiger partial charge in [-0.3, -0.25) is 4.79 Å². The van der Waals surface area contributed by atoms with Crippen LogP contribution in [0.4, 0.5) is 5.69 Å². The zero-order valence-electron chi connectivity index (χ0n) is 16.8. The van der Waals surface area contributed by atoms with Gasteiger partial charge in [0.15, 0.2) is 0 Å². The summed E-state index contributed by atoms with van der Waals surface area (Å²) >= 11 is 6.01. The Labute approximate surface area is 186 Å². The zero-order chi connectivity index (χ0) is 21.6. The summed E-state index contributed by atoms with van der Waals surface area (Å²) in [6.45, 7) is 2.24. The molecule has 1 amide bonds. The number of hydrogen-bond donors (Lipinski definition) is 2. The van der Waals surface area contributed by atoms with Crippen molar-refractivity contribution in [3.63, 3.8) is 0 Å². The van der Waals surface area contributed by atoms with Crippen LogP contribution < -0.4 is 14.9 Å². The molecular formula is C23H22ClN3O3S. The van der Waals surface area contributed by atoms with Gasteiger partial charge in [-0.15, -0.1) is 0 Å². The maximum atomic E-state index is 13.0. The van der Waals surface area contributed by atoms with Crippen molar-refractivity contribution in [3.8, 4) is 0 Å². The Hall–Kier alpha value is -2.45. The average molecular weight is 456 g/mol. The first-order valence-electron chi connectivity index (χ1n) is 10.3. The fourth-order valence-electron chi connectivity index (χ4n) is 4.29. The minimum Gasteiger partial charge on any atom is -0.312 e. The molecule has 0 radical (unpaired) electrons. The number of fused-ring (bicyclic) bond motifs is 2. The minimum atomic E-state index is -3.84. The van der Waals surface area contributed by atoms with E-state index in [2.05, 4.69) is 16.1 Å². The number of amides is 1. The largest absolute Gasteiger partial charge is 0.312 e. The molecule has 0 bridgehead atoms. The second-order valence-corrected chi connectivity index (χ2v) is 10.1. The van der Waals surface area contributed by atoms with E-state index in [-0.39, 0.29) is 10.8 Å².